The predicted molar refractivity (Wildman–Crippen MR) is 109 cm³/mol. The van der Waals surface area contributed by atoms with E-state index in [0.29, 0.717) is 6.42 Å². The van der Waals surface area contributed by atoms with E-state index in [2.05, 4.69) is 10.2 Å². The summed E-state index contributed by atoms with van der Waals surface area (Å²) in [7, 11) is 0. The minimum absolute atomic E-state index is 0.0876. The third-order valence-corrected chi connectivity index (χ3v) is 7.17. The maximum atomic E-state index is 13.4. The second-order valence-electron chi connectivity index (χ2n) is 9.48. The Kier molecular flexibility index (Phi) is 5.96. The number of carbonyl (C=O) groups is 1. The average molecular weight is 405 g/mol. The summed E-state index contributed by atoms with van der Waals surface area (Å²) < 4.78 is 19.6. The molecule has 1 spiro atoms. The Bertz CT molecular complexity index is 729. The number of nitrogens with zero attached hydrogens (tertiary/aromatic N) is 1. The summed E-state index contributed by atoms with van der Waals surface area (Å²) in [6, 6.07) is 6.76. The monoisotopic (exact) mass is 404 g/mol. The maximum Gasteiger partial charge on any atom is 0.223 e. The molecule has 0 aromatic heterocycles. The first-order valence-corrected chi connectivity index (χ1v) is 11.0. The van der Waals surface area contributed by atoms with E-state index in [1.54, 1.807) is 12.1 Å². The Morgan fingerprint density at radius 2 is 2.03 bits per heavy atom. The molecule has 2 heterocycles. The third kappa shape index (κ3) is 4.65. The Morgan fingerprint density at radius 1 is 1.31 bits per heavy atom. The van der Waals surface area contributed by atoms with Crippen LogP contribution in [0.1, 0.15) is 57.4 Å². The van der Waals surface area contributed by atoms with Gasteiger partial charge in [-0.3, -0.25) is 9.69 Å². The second kappa shape index (κ2) is 8.32. The van der Waals surface area contributed by atoms with Crippen molar-refractivity contribution < 1.29 is 19.0 Å². The van der Waals surface area contributed by atoms with Gasteiger partial charge in [0.1, 0.15) is 11.9 Å². The van der Waals surface area contributed by atoms with Gasteiger partial charge in [-0.15, -0.1) is 0 Å². The topological polar surface area (TPSA) is 61.8 Å². The van der Waals surface area contributed by atoms with Crippen LogP contribution in [0.4, 0.5) is 4.39 Å². The molecule has 1 saturated carbocycles. The van der Waals surface area contributed by atoms with Gasteiger partial charge in [0.05, 0.1) is 17.7 Å². The van der Waals surface area contributed by atoms with Crippen LogP contribution in [0.25, 0.3) is 0 Å². The van der Waals surface area contributed by atoms with Crippen molar-refractivity contribution in [3.63, 3.8) is 0 Å². The number of carbonyl (C=O) groups excluding carboxylic acids is 1. The summed E-state index contributed by atoms with van der Waals surface area (Å²) in [5.74, 6) is -0.0232. The highest BCUT2D eigenvalue weighted by Gasteiger charge is 2.50. The zero-order valence-corrected chi connectivity index (χ0v) is 17.3. The predicted octanol–water partition coefficient (Wildman–Crippen LogP) is 3.01. The molecule has 2 atom stereocenters. The number of rotatable bonds is 4. The molecule has 1 aromatic rings. The van der Waals surface area contributed by atoms with Gasteiger partial charge in [0.15, 0.2) is 0 Å². The quantitative estimate of drug-likeness (QED) is 0.810. The van der Waals surface area contributed by atoms with E-state index in [9.17, 15) is 14.3 Å². The van der Waals surface area contributed by atoms with Crippen LogP contribution in [-0.4, -0.2) is 52.9 Å². The Labute approximate surface area is 172 Å². The lowest BCUT2D eigenvalue weighted by atomic mass is 9.74. The van der Waals surface area contributed by atoms with E-state index >= 15 is 0 Å². The van der Waals surface area contributed by atoms with Crippen LogP contribution >= 0.6 is 0 Å². The molecular formula is C23H33FN2O3. The van der Waals surface area contributed by atoms with Gasteiger partial charge in [0.25, 0.3) is 0 Å². The fourth-order valence-corrected chi connectivity index (χ4v) is 5.31. The summed E-state index contributed by atoms with van der Waals surface area (Å²) in [5.41, 5.74) is 0.0208. The van der Waals surface area contributed by atoms with Crippen LogP contribution in [-0.2, 0) is 16.1 Å². The summed E-state index contributed by atoms with van der Waals surface area (Å²) in [4.78, 5) is 15.0. The maximum absolute atomic E-state index is 13.4. The molecule has 0 unspecified atom stereocenters. The van der Waals surface area contributed by atoms with E-state index in [1.807, 2.05) is 13.0 Å². The summed E-state index contributed by atoms with van der Waals surface area (Å²) >= 11 is 0. The minimum Gasteiger partial charge on any atom is -0.388 e. The lowest BCUT2D eigenvalue weighted by Gasteiger charge is -2.52. The van der Waals surface area contributed by atoms with Gasteiger partial charge in [-0.05, 0) is 50.3 Å². The molecule has 0 radical (unpaired) electrons. The molecule has 29 heavy (non-hydrogen) atoms. The number of piperidine rings is 1. The number of hydrogen-bond donors (Lipinski definition) is 2. The summed E-state index contributed by atoms with van der Waals surface area (Å²) in [6.45, 7) is 4.67. The van der Waals surface area contributed by atoms with E-state index in [0.717, 1.165) is 63.7 Å². The minimum atomic E-state index is -0.691. The highest BCUT2D eigenvalue weighted by atomic mass is 19.1. The van der Waals surface area contributed by atoms with Gasteiger partial charge < -0.3 is 15.2 Å². The molecule has 3 aliphatic rings. The van der Waals surface area contributed by atoms with Gasteiger partial charge in [-0.25, -0.2) is 4.39 Å². The van der Waals surface area contributed by atoms with Gasteiger partial charge in [0.2, 0.25) is 5.91 Å². The Morgan fingerprint density at radius 3 is 2.72 bits per heavy atom. The number of hydrogen-bond acceptors (Lipinski definition) is 4. The highest BCUT2D eigenvalue weighted by Crippen LogP contribution is 2.40. The number of halogens is 1. The molecule has 1 amide bonds. The van der Waals surface area contributed by atoms with Crippen LogP contribution in [0, 0.1) is 11.7 Å². The Hall–Kier alpha value is -1.50. The molecule has 0 bridgehead atoms. The molecule has 160 valence electrons. The van der Waals surface area contributed by atoms with Gasteiger partial charge in [-0.1, -0.05) is 25.0 Å². The first kappa shape index (κ1) is 20.8. The first-order chi connectivity index (χ1) is 13.9. The number of ether oxygens (including phenoxy) is 1. The standard InChI is InChI=1S/C23H33FN2O3/c1-22(25-21(28)18-6-2-3-7-18)16-23(29-15-20(22)27)9-11-26(12-10-23)14-17-5-4-8-19(24)13-17/h4-5,8,13,18,20,27H,2-3,6-7,9-12,14-16H2,1H3,(H,25,28)/t20-,22-/m1/s1. The van der Waals surface area contributed by atoms with E-state index < -0.39 is 11.6 Å². The Balaban J connectivity index is 1.36. The molecule has 3 fully saturated rings. The molecule has 6 heteroatoms. The zero-order chi connectivity index (χ0) is 20.5. The fourth-order valence-electron chi connectivity index (χ4n) is 5.31. The second-order valence-corrected chi connectivity index (χ2v) is 9.48. The van der Waals surface area contributed by atoms with Gasteiger partial charge in [-0.2, -0.15) is 0 Å². The van der Waals surface area contributed by atoms with Crippen molar-refractivity contribution in [3.05, 3.63) is 35.6 Å². The first-order valence-electron chi connectivity index (χ1n) is 11.0. The molecule has 1 aliphatic carbocycles. The average Bonchev–Trinajstić information content (AvgIpc) is 3.22. The molecule has 2 N–H and O–H groups in total. The molecule has 1 aromatic carbocycles. The van der Waals surface area contributed by atoms with Crippen molar-refractivity contribution in [2.75, 3.05) is 19.7 Å². The number of nitrogens with one attached hydrogen (secondary N) is 1. The number of aliphatic hydroxyl groups is 1. The lowest BCUT2D eigenvalue weighted by Crippen LogP contribution is -2.66. The normalized spacial score (nSPS) is 30.5. The van der Waals surface area contributed by atoms with Crippen LogP contribution in [0.3, 0.4) is 0 Å². The summed E-state index contributed by atoms with van der Waals surface area (Å²) in [5, 5.41) is 13.8. The van der Waals surface area contributed by atoms with Crippen molar-refractivity contribution in [2.45, 2.75) is 75.7 Å². The smallest absolute Gasteiger partial charge is 0.223 e. The molecule has 2 aliphatic heterocycles. The fraction of sp³-hybridized carbons (Fsp3) is 0.696. The van der Waals surface area contributed by atoms with Gasteiger partial charge >= 0.3 is 0 Å². The van der Waals surface area contributed by atoms with Crippen molar-refractivity contribution in [1.82, 2.24) is 10.2 Å². The molecular weight excluding hydrogens is 371 g/mol. The molecule has 4 rings (SSSR count). The summed E-state index contributed by atoms with van der Waals surface area (Å²) in [6.07, 6.45) is 5.78. The van der Waals surface area contributed by atoms with E-state index in [4.69, 9.17) is 4.74 Å². The number of amides is 1. The number of aliphatic hydroxyl groups excluding tert-OH is 1. The van der Waals surface area contributed by atoms with E-state index in [-0.39, 0.29) is 29.9 Å². The zero-order valence-electron chi connectivity index (χ0n) is 17.3. The van der Waals surface area contributed by atoms with E-state index in [1.165, 1.54) is 6.07 Å². The van der Waals surface area contributed by atoms with Crippen molar-refractivity contribution in [1.29, 1.82) is 0 Å². The van der Waals surface area contributed by atoms with Crippen molar-refractivity contribution in [2.24, 2.45) is 5.92 Å². The van der Waals surface area contributed by atoms with Crippen molar-refractivity contribution >= 4 is 5.91 Å². The number of likely N-dealkylation sites (tertiary alicyclic amines) is 1. The van der Waals surface area contributed by atoms with Crippen LogP contribution in [0.5, 0.6) is 0 Å². The number of benzene rings is 1. The third-order valence-electron chi connectivity index (χ3n) is 7.17. The van der Waals surface area contributed by atoms with Crippen LogP contribution in [0.2, 0.25) is 0 Å². The molecule has 5 nitrogen and oxygen atoms in total. The van der Waals surface area contributed by atoms with Crippen LogP contribution < -0.4 is 5.32 Å². The highest BCUT2D eigenvalue weighted by molar-refractivity contribution is 5.79. The van der Waals surface area contributed by atoms with Crippen molar-refractivity contribution in [3.8, 4) is 0 Å². The molecule has 2 saturated heterocycles. The van der Waals surface area contributed by atoms with Crippen LogP contribution in [0.15, 0.2) is 24.3 Å². The lowest BCUT2D eigenvalue weighted by molar-refractivity contribution is -0.182. The van der Waals surface area contributed by atoms with Gasteiger partial charge in [0, 0.05) is 32.0 Å². The largest absolute Gasteiger partial charge is 0.388 e. The SMILES string of the molecule is C[C@@]1(NC(=O)C2CCCC2)CC2(CCN(Cc3cccc(F)c3)CC2)OC[C@H]1O.